The molecule has 2 heterocycles. The predicted octanol–water partition coefficient (Wildman–Crippen LogP) is 2.23. The Bertz CT molecular complexity index is 983. The first-order valence-electron chi connectivity index (χ1n) is 8.50. The Kier molecular flexibility index (Phi) is 5.44. The Balaban J connectivity index is 1.86. The molecule has 0 aliphatic rings. The summed E-state index contributed by atoms with van der Waals surface area (Å²) < 4.78 is 19.5. The summed E-state index contributed by atoms with van der Waals surface area (Å²) in [6.45, 7) is 3.50. The summed E-state index contributed by atoms with van der Waals surface area (Å²) in [6, 6.07) is 7.99. The fourth-order valence-electron chi connectivity index (χ4n) is 2.84. The molecule has 1 aromatic carbocycles. The second-order valence-electron chi connectivity index (χ2n) is 5.89. The lowest BCUT2D eigenvalue weighted by Gasteiger charge is -2.07. The van der Waals surface area contributed by atoms with Crippen molar-refractivity contribution in [2.75, 3.05) is 13.2 Å². The van der Waals surface area contributed by atoms with Crippen LogP contribution < -0.4 is 5.32 Å². The zero-order chi connectivity index (χ0) is 19.4. The molecule has 0 spiro atoms. The molecule has 27 heavy (non-hydrogen) atoms. The zero-order valence-electron chi connectivity index (χ0n) is 15.0. The highest BCUT2D eigenvalue weighted by molar-refractivity contribution is 5.95. The molecule has 0 fully saturated rings. The summed E-state index contributed by atoms with van der Waals surface area (Å²) >= 11 is 0. The van der Waals surface area contributed by atoms with Crippen molar-refractivity contribution in [3.63, 3.8) is 0 Å². The fourth-order valence-corrected chi connectivity index (χ4v) is 2.84. The molecule has 8 heteroatoms. The van der Waals surface area contributed by atoms with Crippen LogP contribution in [0.2, 0.25) is 0 Å². The van der Waals surface area contributed by atoms with Gasteiger partial charge in [-0.05, 0) is 43.2 Å². The fraction of sp³-hybridized carbons (Fsp3) is 0.263. The molecule has 0 aliphatic heterocycles. The molecule has 0 aliphatic carbocycles. The third-order valence-corrected chi connectivity index (χ3v) is 3.99. The average molecular weight is 370 g/mol. The number of nitrogens with zero attached hydrogens (tertiary/aromatic N) is 3. The van der Waals surface area contributed by atoms with E-state index in [1.807, 2.05) is 13.0 Å². The van der Waals surface area contributed by atoms with Gasteiger partial charge in [0.2, 0.25) is 5.91 Å². The maximum absolute atomic E-state index is 13.2. The Morgan fingerprint density at radius 2 is 1.96 bits per heavy atom. The van der Waals surface area contributed by atoms with E-state index < -0.39 is 5.97 Å². The number of carbonyl (C=O) groups is 2. The smallest absolute Gasteiger partial charge is 0.325 e. The summed E-state index contributed by atoms with van der Waals surface area (Å²) in [5.74, 6) is -1.18. The van der Waals surface area contributed by atoms with E-state index >= 15 is 0 Å². The molecule has 7 nitrogen and oxygen atoms in total. The second-order valence-corrected chi connectivity index (χ2v) is 5.89. The van der Waals surface area contributed by atoms with Gasteiger partial charge in [0.1, 0.15) is 18.9 Å². The molecule has 1 N–H and O–H groups in total. The van der Waals surface area contributed by atoms with Crippen LogP contribution in [0.1, 0.15) is 12.6 Å². The molecule has 0 saturated carbocycles. The summed E-state index contributed by atoms with van der Waals surface area (Å²) in [7, 11) is 0. The lowest BCUT2D eigenvalue weighted by atomic mass is 10.0. The zero-order valence-corrected chi connectivity index (χ0v) is 15.0. The number of nitrogens with one attached hydrogen (secondary N) is 1. The van der Waals surface area contributed by atoms with Crippen molar-refractivity contribution in [1.29, 1.82) is 0 Å². The van der Waals surface area contributed by atoms with Crippen molar-refractivity contribution in [3.8, 4) is 11.1 Å². The van der Waals surface area contributed by atoms with Gasteiger partial charge < -0.3 is 10.1 Å². The second kappa shape index (κ2) is 7.94. The van der Waals surface area contributed by atoms with E-state index in [9.17, 15) is 14.0 Å². The number of halogens is 1. The van der Waals surface area contributed by atoms with Crippen molar-refractivity contribution in [2.24, 2.45) is 0 Å². The van der Waals surface area contributed by atoms with Crippen LogP contribution in [0.25, 0.3) is 22.2 Å². The van der Waals surface area contributed by atoms with E-state index in [0.29, 0.717) is 11.3 Å². The van der Waals surface area contributed by atoms with Gasteiger partial charge in [-0.3, -0.25) is 9.59 Å². The summed E-state index contributed by atoms with van der Waals surface area (Å²) in [5.41, 5.74) is 2.94. The molecular formula is C19H19FN4O3. The lowest BCUT2D eigenvalue weighted by molar-refractivity contribution is -0.143. The highest BCUT2D eigenvalue weighted by Gasteiger charge is 2.16. The normalized spacial score (nSPS) is 10.8. The van der Waals surface area contributed by atoms with Crippen LogP contribution in [-0.2, 0) is 20.9 Å². The van der Waals surface area contributed by atoms with Crippen molar-refractivity contribution >= 4 is 22.9 Å². The third kappa shape index (κ3) is 4.11. The number of amides is 1. The molecule has 0 saturated heterocycles. The molecule has 0 bridgehead atoms. The number of aryl methyl sites for hydroxylation is 1. The van der Waals surface area contributed by atoms with Crippen LogP contribution in [-0.4, -0.2) is 39.8 Å². The number of benzene rings is 1. The van der Waals surface area contributed by atoms with Crippen molar-refractivity contribution < 1.29 is 18.7 Å². The van der Waals surface area contributed by atoms with Gasteiger partial charge in [-0.15, -0.1) is 0 Å². The topological polar surface area (TPSA) is 86.1 Å². The predicted molar refractivity (Wildman–Crippen MR) is 97.3 cm³/mol. The number of aromatic nitrogens is 3. The van der Waals surface area contributed by atoms with Gasteiger partial charge in [0.25, 0.3) is 0 Å². The van der Waals surface area contributed by atoms with E-state index in [-0.39, 0.29) is 31.4 Å². The largest absolute Gasteiger partial charge is 0.465 e. The Hall–Kier alpha value is -3.29. The van der Waals surface area contributed by atoms with E-state index in [4.69, 9.17) is 4.74 Å². The van der Waals surface area contributed by atoms with Crippen LogP contribution >= 0.6 is 0 Å². The van der Waals surface area contributed by atoms with Crippen LogP contribution in [0.5, 0.6) is 0 Å². The molecular weight excluding hydrogens is 351 g/mol. The Morgan fingerprint density at radius 3 is 2.67 bits per heavy atom. The van der Waals surface area contributed by atoms with Crippen molar-refractivity contribution in [1.82, 2.24) is 20.1 Å². The van der Waals surface area contributed by atoms with Gasteiger partial charge in [-0.2, -0.15) is 5.10 Å². The van der Waals surface area contributed by atoms with Crippen LogP contribution in [0.15, 0.2) is 36.5 Å². The van der Waals surface area contributed by atoms with Crippen molar-refractivity contribution in [3.05, 3.63) is 48.0 Å². The molecule has 3 rings (SSSR count). The van der Waals surface area contributed by atoms with Gasteiger partial charge in [0.15, 0.2) is 5.65 Å². The number of pyridine rings is 1. The quantitative estimate of drug-likeness (QED) is 0.673. The first kappa shape index (κ1) is 18.5. The number of ether oxygens (including phenoxy) is 1. The van der Waals surface area contributed by atoms with E-state index in [1.54, 1.807) is 25.3 Å². The Morgan fingerprint density at radius 1 is 1.22 bits per heavy atom. The van der Waals surface area contributed by atoms with Gasteiger partial charge in [-0.1, -0.05) is 12.1 Å². The third-order valence-electron chi connectivity index (χ3n) is 3.99. The van der Waals surface area contributed by atoms with Gasteiger partial charge in [0, 0.05) is 11.6 Å². The number of carbonyl (C=O) groups excluding carboxylic acids is 2. The maximum Gasteiger partial charge on any atom is 0.325 e. The highest BCUT2D eigenvalue weighted by atomic mass is 19.1. The van der Waals surface area contributed by atoms with Gasteiger partial charge in [0.05, 0.1) is 12.3 Å². The van der Waals surface area contributed by atoms with Crippen LogP contribution in [0.3, 0.4) is 0 Å². The van der Waals surface area contributed by atoms with E-state index in [1.165, 1.54) is 16.8 Å². The number of fused-ring (bicyclic) bond motifs is 1. The van der Waals surface area contributed by atoms with E-state index in [0.717, 1.165) is 16.5 Å². The first-order valence-corrected chi connectivity index (χ1v) is 8.50. The monoisotopic (exact) mass is 370 g/mol. The number of hydrogen-bond acceptors (Lipinski definition) is 5. The Labute approximate surface area is 155 Å². The summed E-state index contributed by atoms with van der Waals surface area (Å²) in [5, 5.41) is 7.69. The standard InChI is InChI=1S/C19H19FN4O3/c1-3-27-17(26)10-22-16(25)11-24-19-18(12(2)23-24)15(8-9-21-19)13-4-6-14(20)7-5-13/h4-9H,3,10-11H2,1-2H3,(H,22,25). The number of hydrogen-bond donors (Lipinski definition) is 1. The highest BCUT2D eigenvalue weighted by Crippen LogP contribution is 2.29. The maximum atomic E-state index is 13.2. The van der Waals surface area contributed by atoms with Gasteiger partial charge in [-0.25, -0.2) is 14.1 Å². The number of esters is 1. The molecule has 0 radical (unpaired) electrons. The minimum absolute atomic E-state index is 0.0797. The molecule has 1 amide bonds. The van der Waals surface area contributed by atoms with Crippen molar-refractivity contribution in [2.45, 2.75) is 20.4 Å². The first-order chi connectivity index (χ1) is 13.0. The van der Waals surface area contributed by atoms with Crippen LogP contribution in [0, 0.1) is 12.7 Å². The number of rotatable bonds is 6. The van der Waals surface area contributed by atoms with Crippen LogP contribution in [0.4, 0.5) is 4.39 Å². The van der Waals surface area contributed by atoms with Gasteiger partial charge >= 0.3 is 5.97 Å². The summed E-state index contributed by atoms with van der Waals surface area (Å²) in [4.78, 5) is 27.8. The minimum atomic E-state index is -0.496. The molecule has 3 aromatic rings. The lowest BCUT2D eigenvalue weighted by Crippen LogP contribution is -2.33. The van der Waals surface area contributed by atoms with E-state index in [2.05, 4.69) is 15.4 Å². The summed E-state index contributed by atoms with van der Waals surface area (Å²) in [6.07, 6.45) is 1.62. The average Bonchev–Trinajstić information content (AvgIpc) is 2.97. The molecule has 140 valence electrons. The molecule has 0 unspecified atom stereocenters. The SMILES string of the molecule is CCOC(=O)CNC(=O)Cn1nc(C)c2c(-c3ccc(F)cc3)ccnc21. The minimum Gasteiger partial charge on any atom is -0.465 e. The molecule has 2 aromatic heterocycles. The molecule has 0 atom stereocenters.